The fraction of sp³-hybridized carbons (Fsp3) is 0.240. The van der Waals surface area contributed by atoms with Gasteiger partial charge >= 0.3 is 0 Å². The highest BCUT2D eigenvalue weighted by molar-refractivity contribution is 5.96. The first-order chi connectivity index (χ1) is 15.1. The van der Waals surface area contributed by atoms with Crippen molar-refractivity contribution in [2.24, 2.45) is 0 Å². The molecule has 32 heavy (non-hydrogen) atoms. The molecule has 0 radical (unpaired) electrons. The van der Waals surface area contributed by atoms with Crippen LogP contribution in [0.3, 0.4) is 0 Å². The standard InChI is InChI=1S/C25H27N3O4/c1-25(2,31)19-12-10-17(11-13-19)16-27-22(29)21-9-6-14-26-23(21)32-20-8-5-7-18(15-20)24(30)28(3)4/h5-15,31H,16H2,1-4H3,(H,27,29). The minimum atomic E-state index is -0.918. The molecule has 0 saturated carbocycles. The Morgan fingerprint density at radius 3 is 2.44 bits per heavy atom. The molecule has 0 fully saturated rings. The normalized spacial score (nSPS) is 11.0. The van der Waals surface area contributed by atoms with Gasteiger partial charge in [-0.05, 0) is 55.3 Å². The fourth-order valence-corrected chi connectivity index (χ4v) is 3.02. The summed E-state index contributed by atoms with van der Waals surface area (Å²) >= 11 is 0. The number of carbonyl (C=O) groups excluding carboxylic acids is 2. The van der Waals surface area contributed by atoms with Crippen LogP contribution in [0.15, 0.2) is 66.9 Å². The van der Waals surface area contributed by atoms with Crippen molar-refractivity contribution < 1.29 is 19.4 Å². The van der Waals surface area contributed by atoms with Crippen LogP contribution in [0.4, 0.5) is 0 Å². The average molecular weight is 434 g/mol. The molecule has 0 aliphatic rings. The third-order valence-corrected chi connectivity index (χ3v) is 4.83. The van der Waals surface area contributed by atoms with Crippen LogP contribution < -0.4 is 10.1 Å². The predicted octanol–water partition coefficient (Wildman–Crippen LogP) is 3.73. The Morgan fingerprint density at radius 2 is 1.78 bits per heavy atom. The van der Waals surface area contributed by atoms with Gasteiger partial charge in [0, 0.05) is 32.4 Å². The quantitative estimate of drug-likeness (QED) is 0.592. The number of amides is 2. The van der Waals surface area contributed by atoms with Crippen LogP contribution >= 0.6 is 0 Å². The van der Waals surface area contributed by atoms with Crippen LogP contribution in [0, 0.1) is 0 Å². The molecule has 0 atom stereocenters. The number of hydrogen-bond donors (Lipinski definition) is 2. The zero-order chi connectivity index (χ0) is 23.3. The summed E-state index contributed by atoms with van der Waals surface area (Å²) < 4.78 is 5.84. The van der Waals surface area contributed by atoms with Crippen LogP contribution in [0.25, 0.3) is 0 Å². The first-order valence-electron chi connectivity index (χ1n) is 10.2. The van der Waals surface area contributed by atoms with Gasteiger partial charge in [0.05, 0.1) is 5.60 Å². The van der Waals surface area contributed by atoms with Gasteiger partial charge in [0.15, 0.2) is 0 Å². The van der Waals surface area contributed by atoms with E-state index in [1.165, 1.54) is 11.1 Å². The van der Waals surface area contributed by atoms with E-state index in [2.05, 4.69) is 10.3 Å². The van der Waals surface area contributed by atoms with Crippen LogP contribution in [-0.2, 0) is 12.1 Å². The van der Waals surface area contributed by atoms with Crippen molar-refractivity contribution in [1.82, 2.24) is 15.2 Å². The topological polar surface area (TPSA) is 91.8 Å². The summed E-state index contributed by atoms with van der Waals surface area (Å²) in [5.74, 6) is 0.0784. The summed E-state index contributed by atoms with van der Waals surface area (Å²) in [5.41, 5.74) is 1.53. The molecule has 0 spiro atoms. The van der Waals surface area contributed by atoms with E-state index in [9.17, 15) is 14.7 Å². The number of aromatic nitrogens is 1. The average Bonchev–Trinajstić information content (AvgIpc) is 2.77. The number of nitrogens with zero attached hydrogens (tertiary/aromatic N) is 2. The maximum Gasteiger partial charge on any atom is 0.257 e. The highest BCUT2D eigenvalue weighted by atomic mass is 16.5. The first-order valence-corrected chi connectivity index (χ1v) is 10.2. The Bertz CT molecular complexity index is 1100. The molecule has 2 aromatic carbocycles. The van der Waals surface area contributed by atoms with Gasteiger partial charge in [0.25, 0.3) is 11.8 Å². The van der Waals surface area contributed by atoms with Crippen molar-refractivity contribution in [2.75, 3.05) is 14.1 Å². The van der Waals surface area contributed by atoms with E-state index >= 15 is 0 Å². The van der Waals surface area contributed by atoms with Crippen molar-refractivity contribution in [3.8, 4) is 11.6 Å². The molecule has 2 amide bonds. The third kappa shape index (κ3) is 5.70. The van der Waals surface area contributed by atoms with Gasteiger partial charge in [-0.2, -0.15) is 0 Å². The van der Waals surface area contributed by atoms with Gasteiger partial charge in [0.2, 0.25) is 5.88 Å². The number of aliphatic hydroxyl groups is 1. The summed E-state index contributed by atoms with van der Waals surface area (Å²) in [7, 11) is 3.35. The molecule has 0 saturated heterocycles. The van der Waals surface area contributed by atoms with Crippen molar-refractivity contribution in [1.29, 1.82) is 0 Å². The zero-order valence-electron chi connectivity index (χ0n) is 18.6. The third-order valence-electron chi connectivity index (χ3n) is 4.83. The van der Waals surface area contributed by atoms with E-state index < -0.39 is 5.60 Å². The first kappa shape index (κ1) is 23.0. The van der Waals surface area contributed by atoms with Gasteiger partial charge in [-0.15, -0.1) is 0 Å². The molecular weight excluding hydrogens is 406 g/mol. The van der Waals surface area contributed by atoms with Gasteiger partial charge in [-0.1, -0.05) is 30.3 Å². The zero-order valence-corrected chi connectivity index (χ0v) is 18.6. The van der Waals surface area contributed by atoms with E-state index in [4.69, 9.17) is 4.74 Å². The van der Waals surface area contributed by atoms with Crippen LogP contribution in [-0.4, -0.2) is 40.9 Å². The van der Waals surface area contributed by atoms with Crippen molar-refractivity contribution in [2.45, 2.75) is 26.0 Å². The van der Waals surface area contributed by atoms with E-state index in [0.29, 0.717) is 17.9 Å². The van der Waals surface area contributed by atoms with Crippen LogP contribution in [0.1, 0.15) is 45.7 Å². The molecular formula is C25H27N3O4. The summed E-state index contributed by atoms with van der Waals surface area (Å²) in [6, 6.07) is 17.4. The molecule has 2 N–H and O–H groups in total. The van der Waals surface area contributed by atoms with Crippen molar-refractivity contribution in [3.63, 3.8) is 0 Å². The molecule has 166 valence electrons. The molecule has 0 aliphatic carbocycles. The number of benzene rings is 2. The molecule has 0 aliphatic heterocycles. The molecule has 7 nitrogen and oxygen atoms in total. The van der Waals surface area contributed by atoms with Gasteiger partial charge < -0.3 is 20.1 Å². The van der Waals surface area contributed by atoms with E-state index in [1.807, 2.05) is 24.3 Å². The Labute approximate surface area is 187 Å². The second kappa shape index (κ2) is 9.62. The molecule has 3 rings (SSSR count). The molecule has 0 bridgehead atoms. The molecule has 7 heteroatoms. The lowest BCUT2D eigenvalue weighted by Gasteiger charge is -2.18. The minimum absolute atomic E-state index is 0.148. The number of hydrogen-bond acceptors (Lipinski definition) is 5. The van der Waals surface area contributed by atoms with Crippen LogP contribution in [0.2, 0.25) is 0 Å². The fourth-order valence-electron chi connectivity index (χ4n) is 3.02. The maximum absolute atomic E-state index is 12.8. The number of rotatable bonds is 7. The number of ether oxygens (including phenoxy) is 1. The SMILES string of the molecule is CN(C)C(=O)c1cccc(Oc2ncccc2C(=O)NCc2ccc(C(C)(C)O)cc2)c1. The van der Waals surface area contributed by atoms with E-state index in [0.717, 1.165) is 11.1 Å². The Morgan fingerprint density at radius 1 is 1.06 bits per heavy atom. The molecule has 3 aromatic rings. The second-order valence-corrected chi connectivity index (χ2v) is 8.12. The Kier molecular flexibility index (Phi) is 6.90. The number of pyridine rings is 1. The largest absolute Gasteiger partial charge is 0.438 e. The predicted molar refractivity (Wildman–Crippen MR) is 122 cm³/mol. The number of carbonyl (C=O) groups is 2. The summed E-state index contributed by atoms with van der Waals surface area (Å²) in [5, 5.41) is 12.9. The highest BCUT2D eigenvalue weighted by Gasteiger charge is 2.17. The summed E-state index contributed by atoms with van der Waals surface area (Å²) in [6.45, 7) is 3.76. The monoisotopic (exact) mass is 433 g/mol. The second-order valence-electron chi connectivity index (χ2n) is 8.12. The van der Waals surface area contributed by atoms with Gasteiger partial charge in [-0.25, -0.2) is 4.98 Å². The number of nitrogens with one attached hydrogen (secondary N) is 1. The van der Waals surface area contributed by atoms with Crippen LogP contribution in [0.5, 0.6) is 11.6 Å². The van der Waals surface area contributed by atoms with Gasteiger partial charge in [0.1, 0.15) is 11.3 Å². The minimum Gasteiger partial charge on any atom is -0.438 e. The summed E-state index contributed by atoms with van der Waals surface area (Å²) in [6.07, 6.45) is 1.54. The van der Waals surface area contributed by atoms with Crippen molar-refractivity contribution >= 4 is 11.8 Å². The molecule has 1 aromatic heterocycles. The molecule has 0 unspecified atom stereocenters. The molecule has 1 heterocycles. The lowest BCUT2D eigenvalue weighted by Crippen LogP contribution is -2.23. The van der Waals surface area contributed by atoms with E-state index in [-0.39, 0.29) is 23.3 Å². The highest BCUT2D eigenvalue weighted by Crippen LogP contribution is 2.24. The lowest BCUT2D eigenvalue weighted by atomic mass is 9.97. The lowest BCUT2D eigenvalue weighted by molar-refractivity contribution is 0.0784. The Balaban J connectivity index is 1.72. The van der Waals surface area contributed by atoms with Crippen molar-refractivity contribution in [3.05, 3.63) is 89.1 Å². The van der Waals surface area contributed by atoms with Gasteiger partial charge in [-0.3, -0.25) is 9.59 Å². The smallest absolute Gasteiger partial charge is 0.257 e. The summed E-state index contributed by atoms with van der Waals surface area (Å²) in [4.78, 5) is 30.7. The Hall–Kier alpha value is -3.71. The van der Waals surface area contributed by atoms with E-state index in [1.54, 1.807) is 64.3 Å². The maximum atomic E-state index is 12.8.